The third-order valence-electron chi connectivity index (χ3n) is 5.01. The molecule has 2 heterocycles. The van der Waals surface area contributed by atoms with E-state index in [1.54, 1.807) is 4.31 Å². The van der Waals surface area contributed by atoms with Crippen LogP contribution in [0.25, 0.3) is 0 Å². The number of benzene rings is 1. The maximum absolute atomic E-state index is 11.9. The lowest BCUT2D eigenvalue weighted by Gasteiger charge is -2.17. The number of aliphatic imine (C=N–C) groups is 1. The van der Waals surface area contributed by atoms with Gasteiger partial charge in [-0.3, -0.25) is 0 Å². The Hall–Kier alpha value is -1.84. The first-order valence-electron chi connectivity index (χ1n) is 10.3. The van der Waals surface area contributed by atoms with Crippen molar-refractivity contribution >= 4 is 16.0 Å². The Labute approximate surface area is 173 Å². The molecular weight excluding hydrogens is 392 g/mol. The summed E-state index contributed by atoms with van der Waals surface area (Å²) in [4.78, 5) is 4.66. The van der Waals surface area contributed by atoms with E-state index in [0.29, 0.717) is 45.2 Å². The van der Waals surface area contributed by atoms with Crippen molar-refractivity contribution in [3.8, 4) is 5.75 Å². The second kappa shape index (κ2) is 10.3. The average molecular weight is 425 g/mol. The normalized spacial score (nSPS) is 22.0. The number of hydrogen-bond donors (Lipinski definition) is 2. The zero-order valence-electron chi connectivity index (χ0n) is 17.3. The highest BCUT2D eigenvalue weighted by molar-refractivity contribution is 7.89. The fourth-order valence-corrected chi connectivity index (χ4v) is 4.96. The Morgan fingerprint density at radius 1 is 1.38 bits per heavy atom. The molecule has 0 saturated carbocycles. The number of rotatable bonds is 8. The molecule has 8 nitrogen and oxygen atoms in total. The maximum Gasteiger partial charge on any atom is 0.214 e. The minimum absolute atomic E-state index is 0.0910. The van der Waals surface area contributed by atoms with Crippen LogP contribution in [0, 0.1) is 6.92 Å². The van der Waals surface area contributed by atoms with Gasteiger partial charge in [-0.15, -0.1) is 0 Å². The van der Waals surface area contributed by atoms with Crippen LogP contribution in [-0.4, -0.2) is 69.9 Å². The molecule has 2 N–H and O–H groups in total. The molecule has 0 aliphatic carbocycles. The van der Waals surface area contributed by atoms with Crippen molar-refractivity contribution in [2.45, 2.75) is 39.3 Å². The first-order valence-corrected chi connectivity index (χ1v) is 11.9. The summed E-state index contributed by atoms with van der Waals surface area (Å²) in [6.45, 7) is 8.18. The second-order valence-corrected chi connectivity index (χ2v) is 9.49. The predicted octanol–water partition coefficient (Wildman–Crippen LogP) is 1.25. The van der Waals surface area contributed by atoms with E-state index in [1.807, 2.05) is 26.0 Å². The predicted molar refractivity (Wildman–Crippen MR) is 114 cm³/mol. The van der Waals surface area contributed by atoms with Crippen LogP contribution in [0.1, 0.15) is 30.9 Å². The monoisotopic (exact) mass is 424 g/mol. The van der Waals surface area contributed by atoms with Gasteiger partial charge in [0.1, 0.15) is 11.9 Å². The van der Waals surface area contributed by atoms with Crippen LogP contribution < -0.4 is 15.4 Å². The van der Waals surface area contributed by atoms with Crippen molar-refractivity contribution in [1.82, 2.24) is 14.9 Å². The van der Waals surface area contributed by atoms with E-state index < -0.39 is 10.0 Å². The van der Waals surface area contributed by atoms with Gasteiger partial charge < -0.3 is 20.1 Å². The van der Waals surface area contributed by atoms with Crippen molar-refractivity contribution in [3.63, 3.8) is 0 Å². The molecule has 2 fully saturated rings. The molecule has 9 heteroatoms. The van der Waals surface area contributed by atoms with Crippen LogP contribution in [-0.2, 0) is 21.3 Å². The Balaban J connectivity index is 1.60. The highest BCUT2D eigenvalue weighted by atomic mass is 32.2. The summed E-state index contributed by atoms with van der Waals surface area (Å²) in [6.07, 6.45) is 1.70. The third kappa shape index (κ3) is 6.32. The highest BCUT2D eigenvalue weighted by Gasteiger charge is 2.27. The van der Waals surface area contributed by atoms with E-state index in [1.165, 1.54) is 0 Å². The van der Waals surface area contributed by atoms with Gasteiger partial charge >= 0.3 is 0 Å². The van der Waals surface area contributed by atoms with Crippen LogP contribution in [0.5, 0.6) is 5.75 Å². The zero-order valence-corrected chi connectivity index (χ0v) is 18.1. The Bertz CT molecular complexity index is 807. The van der Waals surface area contributed by atoms with Gasteiger partial charge in [-0.25, -0.2) is 17.7 Å². The SMILES string of the molecule is CCNC(=NCc1ccc(C)cc1OC1CCOC1)NCCN1CCCS1(=O)=O. The number of sulfonamides is 1. The standard InChI is InChI=1S/C20H32N4O4S/c1-3-21-20(22-8-10-24-9-4-12-29(24,25)26)23-14-17-6-5-16(2)13-19(17)28-18-7-11-27-15-18/h5-6,13,18H,3-4,7-12,14-15H2,1-2H3,(H2,21,22,23). The molecule has 0 bridgehead atoms. The highest BCUT2D eigenvalue weighted by Crippen LogP contribution is 2.24. The summed E-state index contributed by atoms with van der Waals surface area (Å²) < 4.78 is 36.9. The zero-order chi connectivity index (χ0) is 20.7. The summed E-state index contributed by atoms with van der Waals surface area (Å²) in [5, 5.41) is 6.44. The largest absolute Gasteiger partial charge is 0.488 e. The number of aryl methyl sites for hydroxylation is 1. The molecule has 1 atom stereocenters. The minimum Gasteiger partial charge on any atom is -0.488 e. The van der Waals surface area contributed by atoms with Gasteiger partial charge in [0, 0.05) is 38.2 Å². The smallest absolute Gasteiger partial charge is 0.214 e. The molecule has 0 spiro atoms. The van der Waals surface area contributed by atoms with Gasteiger partial charge in [0.2, 0.25) is 10.0 Å². The Morgan fingerprint density at radius 2 is 2.24 bits per heavy atom. The summed E-state index contributed by atoms with van der Waals surface area (Å²) in [5.41, 5.74) is 2.16. The molecule has 2 saturated heterocycles. The van der Waals surface area contributed by atoms with E-state index in [9.17, 15) is 8.42 Å². The van der Waals surface area contributed by atoms with Crippen LogP contribution in [0.15, 0.2) is 23.2 Å². The van der Waals surface area contributed by atoms with Gasteiger partial charge in [0.05, 0.1) is 25.5 Å². The van der Waals surface area contributed by atoms with Gasteiger partial charge in [-0.2, -0.15) is 0 Å². The molecule has 1 aromatic carbocycles. The summed E-state index contributed by atoms with van der Waals surface area (Å²) in [6, 6.07) is 6.15. The first kappa shape index (κ1) is 21.9. The summed E-state index contributed by atoms with van der Waals surface area (Å²) >= 11 is 0. The fourth-order valence-electron chi connectivity index (χ4n) is 3.43. The molecule has 2 aliphatic rings. The topological polar surface area (TPSA) is 92.3 Å². The summed E-state index contributed by atoms with van der Waals surface area (Å²) in [7, 11) is -3.07. The van der Waals surface area contributed by atoms with Gasteiger partial charge in [0.15, 0.2) is 5.96 Å². The van der Waals surface area contributed by atoms with Crippen LogP contribution in [0.4, 0.5) is 0 Å². The lowest BCUT2D eigenvalue weighted by atomic mass is 10.1. The van der Waals surface area contributed by atoms with Gasteiger partial charge in [-0.05, 0) is 31.9 Å². The molecule has 0 amide bonds. The van der Waals surface area contributed by atoms with Crippen molar-refractivity contribution in [2.75, 3.05) is 45.1 Å². The Kier molecular flexibility index (Phi) is 7.74. The molecule has 0 radical (unpaired) electrons. The van der Waals surface area contributed by atoms with Crippen molar-refractivity contribution < 1.29 is 17.9 Å². The molecule has 0 aromatic heterocycles. The average Bonchev–Trinajstić information content (AvgIpc) is 3.30. The molecule has 1 unspecified atom stereocenters. The summed E-state index contributed by atoms with van der Waals surface area (Å²) in [5.74, 6) is 1.77. The second-order valence-electron chi connectivity index (χ2n) is 7.41. The van der Waals surface area contributed by atoms with E-state index in [2.05, 4.69) is 21.7 Å². The lowest BCUT2D eigenvalue weighted by Crippen LogP contribution is -2.42. The van der Waals surface area contributed by atoms with E-state index in [4.69, 9.17) is 9.47 Å². The number of ether oxygens (including phenoxy) is 2. The van der Waals surface area contributed by atoms with Gasteiger partial charge in [0.25, 0.3) is 0 Å². The third-order valence-corrected chi connectivity index (χ3v) is 6.97. The molecule has 29 heavy (non-hydrogen) atoms. The van der Waals surface area contributed by atoms with E-state index >= 15 is 0 Å². The van der Waals surface area contributed by atoms with Crippen LogP contribution in [0.3, 0.4) is 0 Å². The lowest BCUT2D eigenvalue weighted by molar-refractivity contribution is 0.140. The van der Waals surface area contributed by atoms with E-state index in [0.717, 1.165) is 36.4 Å². The molecule has 1 aromatic rings. The minimum atomic E-state index is -3.07. The number of nitrogens with one attached hydrogen (secondary N) is 2. The Morgan fingerprint density at radius 3 is 2.93 bits per heavy atom. The number of nitrogens with zero attached hydrogens (tertiary/aromatic N) is 2. The van der Waals surface area contributed by atoms with Gasteiger partial charge in [-0.1, -0.05) is 12.1 Å². The number of hydrogen-bond acceptors (Lipinski definition) is 5. The van der Waals surface area contributed by atoms with Crippen molar-refractivity contribution in [1.29, 1.82) is 0 Å². The molecule has 162 valence electrons. The first-order chi connectivity index (χ1) is 14.0. The maximum atomic E-state index is 11.9. The van der Waals surface area contributed by atoms with Crippen LogP contribution in [0.2, 0.25) is 0 Å². The van der Waals surface area contributed by atoms with Crippen LogP contribution >= 0.6 is 0 Å². The number of guanidine groups is 1. The fraction of sp³-hybridized carbons (Fsp3) is 0.650. The van der Waals surface area contributed by atoms with Crippen molar-refractivity contribution in [3.05, 3.63) is 29.3 Å². The quantitative estimate of drug-likeness (QED) is 0.482. The molecule has 2 aliphatic heterocycles. The van der Waals surface area contributed by atoms with Crippen molar-refractivity contribution in [2.24, 2.45) is 4.99 Å². The molecule has 3 rings (SSSR count). The molecular formula is C20H32N4O4S. The van der Waals surface area contributed by atoms with E-state index in [-0.39, 0.29) is 11.9 Å².